The SMILES string of the molecule is Cc1ccc(C)c(S(=O)(=O)Nc2cc3c(cc2C)n(C)c(=O)n3C)c1. The fourth-order valence-electron chi connectivity index (χ4n) is 2.96. The Morgan fingerprint density at radius 2 is 1.48 bits per heavy atom. The molecule has 0 aliphatic rings. The molecule has 0 atom stereocenters. The quantitative estimate of drug-likeness (QED) is 0.781. The minimum atomic E-state index is -3.72. The van der Waals surface area contributed by atoms with E-state index in [1.807, 2.05) is 26.0 Å². The zero-order chi connectivity index (χ0) is 18.5. The van der Waals surface area contributed by atoms with E-state index >= 15 is 0 Å². The van der Waals surface area contributed by atoms with Crippen LogP contribution in [0, 0.1) is 20.8 Å². The molecular formula is C18H21N3O3S. The lowest BCUT2D eigenvalue weighted by atomic mass is 10.2. The third-order valence-corrected chi connectivity index (χ3v) is 6.00. The number of anilines is 1. The lowest BCUT2D eigenvalue weighted by Crippen LogP contribution is -2.19. The number of aryl methyl sites for hydroxylation is 5. The van der Waals surface area contributed by atoms with Crippen molar-refractivity contribution in [3.05, 3.63) is 57.5 Å². The minimum Gasteiger partial charge on any atom is -0.295 e. The van der Waals surface area contributed by atoms with Crippen LogP contribution in [-0.4, -0.2) is 17.6 Å². The second kappa shape index (κ2) is 5.77. The molecule has 1 aromatic heterocycles. The van der Waals surface area contributed by atoms with Crippen LogP contribution in [0.2, 0.25) is 0 Å². The zero-order valence-corrected chi connectivity index (χ0v) is 15.7. The van der Waals surface area contributed by atoms with E-state index in [9.17, 15) is 13.2 Å². The number of rotatable bonds is 3. The summed E-state index contributed by atoms with van der Waals surface area (Å²) in [6.07, 6.45) is 0. The van der Waals surface area contributed by atoms with Gasteiger partial charge in [0.15, 0.2) is 0 Å². The maximum absolute atomic E-state index is 12.8. The number of nitrogens with one attached hydrogen (secondary N) is 1. The maximum atomic E-state index is 12.8. The number of hydrogen-bond donors (Lipinski definition) is 1. The third kappa shape index (κ3) is 2.84. The number of fused-ring (bicyclic) bond motifs is 1. The van der Waals surface area contributed by atoms with Crippen LogP contribution in [-0.2, 0) is 24.1 Å². The van der Waals surface area contributed by atoms with Crippen molar-refractivity contribution in [1.29, 1.82) is 0 Å². The second-order valence-electron chi connectivity index (χ2n) is 6.43. The van der Waals surface area contributed by atoms with Crippen molar-refractivity contribution in [2.24, 2.45) is 14.1 Å². The van der Waals surface area contributed by atoms with Crippen molar-refractivity contribution in [2.75, 3.05) is 4.72 Å². The Morgan fingerprint density at radius 1 is 0.880 bits per heavy atom. The Balaban J connectivity index is 2.14. The minimum absolute atomic E-state index is 0.149. The first-order valence-electron chi connectivity index (χ1n) is 7.88. The van der Waals surface area contributed by atoms with E-state index in [0.29, 0.717) is 16.8 Å². The average molecular weight is 359 g/mol. The van der Waals surface area contributed by atoms with Crippen LogP contribution in [0.3, 0.4) is 0 Å². The molecule has 0 aliphatic carbocycles. The van der Waals surface area contributed by atoms with Crippen LogP contribution in [0.25, 0.3) is 11.0 Å². The van der Waals surface area contributed by atoms with Crippen molar-refractivity contribution in [1.82, 2.24) is 9.13 Å². The number of aromatic nitrogens is 2. The van der Waals surface area contributed by atoms with E-state index in [0.717, 1.165) is 16.6 Å². The molecule has 132 valence electrons. The summed E-state index contributed by atoms with van der Waals surface area (Å²) < 4.78 is 31.4. The molecule has 1 heterocycles. The molecule has 6 nitrogen and oxygen atoms in total. The van der Waals surface area contributed by atoms with Crippen LogP contribution in [0.15, 0.2) is 40.0 Å². The highest BCUT2D eigenvalue weighted by molar-refractivity contribution is 7.92. The Labute approximate surface area is 146 Å². The molecule has 3 rings (SSSR count). The summed E-state index contributed by atoms with van der Waals surface area (Å²) in [4.78, 5) is 12.3. The first-order chi connectivity index (χ1) is 11.6. The van der Waals surface area contributed by atoms with Gasteiger partial charge in [0.2, 0.25) is 0 Å². The summed E-state index contributed by atoms with van der Waals surface area (Å²) in [5.41, 5.74) is 4.07. The molecule has 2 aromatic carbocycles. The molecule has 3 aromatic rings. The summed E-state index contributed by atoms with van der Waals surface area (Å²) in [7, 11) is -0.350. The Kier molecular flexibility index (Phi) is 3.99. The molecule has 0 saturated heterocycles. The third-order valence-electron chi connectivity index (χ3n) is 4.50. The number of imidazole rings is 1. The van der Waals surface area contributed by atoms with Crippen LogP contribution < -0.4 is 10.4 Å². The summed E-state index contributed by atoms with van der Waals surface area (Å²) in [6.45, 7) is 5.44. The molecule has 25 heavy (non-hydrogen) atoms. The van der Waals surface area contributed by atoms with Crippen molar-refractivity contribution in [3.63, 3.8) is 0 Å². The summed E-state index contributed by atoms with van der Waals surface area (Å²) in [5, 5.41) is 0. The van der Waals surface area contributed by atoms with Gasteiger partial charge >= 0.3 is 5.69 Å². The molecule has 0 saturated carbocycles. The van der Waals surface area contributed by atoms with Crippen molar-refractivity contribution >= 4 is 26.7 Å². The van der Waals surface area contributed by atoms with Crippen molar-refractivity contribution in [3.8, 4) is 0 Å². The van der Waals surface area contributed by atoms with Gasteiger partial charge in [0.05, 0.1) is 21.6 Å². The average Bonchev–Trinajstić information content (AvgIpc) is 2.74. The van der Waals surface area contributed by atoms with Crippen LogP contribution in [0.4, 0.5) is 5.69 Å². The van der Waals surface area contributed by atoms with Gasteiger partial charge in [0.1, 0.15) is 0 Å². The normalized spacial score (nSPS) is 11.9. The molecule has 0 radical (unpaired) electrons. The van der Waals surface area contributed by atoms with Gasteiger partial charge in [-0.3, -0.25) is 13.9 Å². The largest absolute Gasteiger partial charge is 0.328 e. The van der Waals surface area contributed by atoms with Crippen LogP contribution >= 0.6 is 0 Å². The van der Waals surface area contributed by atoms with E-state index in [1.165, 1.54) is 4.57 Å². The van der Waals surface area contributed by atoms with Gasteiger partial charge in [0.25, 0.3) is 10.0 Å². The van der Waals surface area contributed by atoms with E-state index in [2.05, 4.69) is 4.72 Å². The van der Waals surface area contributed by atoms with E-state index in [1.54, 1.807) is 43.8 Å². The molecule has 0 fully saturated rings. The van der Waals surface area contributed by atoms with Gasteiger partial charge in [-0.2, -0.15) is 0 Å². The van der Waals surface area contributed by atoms with Gasteiger partial charge in [-0.25, -0.2) is 13.2 Å². The van der Waals surface area contributed by atoms with Gasteiger partial charge in [0, 0.05) is 14.1 Å². The molecule has 0 spiro atoms. The van der Waals surface area contributed by atoms with Crippen LogP contribution in [0.5, 0.6) is 0 Å². The molecule has 0 bridgehead atoms. The number of benzene rings is 2. The summed E-state index contributed by atoms with van der Waals surface area (Å²) >= 11 is 0. The van der Waals surface area contributed by atoms with Gasteiger partial charge in [-0.1, -0.05) is 12.1 Å². The molecular weight excluding hydrogens is 338 g/mol. The van der Waals surface area contributed by atoms with Crippen molar-refractivity contribution in [2.45, 2.75) is 25.7 Å². The number of nitrogens with zero attached hydrogens (tertiary/aromatic N) is 2. The molecule has 1 N–H and O–H groups in total. The molecule has 0 aliphatic heterocycles. The lowest BCUT2D eigenvalue weighted by Gasteiger charge is -2.13. The zero-order valence-electron chi connectivity index (χ0n) is 14.9. The smallest absolute Gasteiger partial charge is 0.295 e. The number of hydrogen-bond acceptors (Lipinski definition) is 3. The highest BCUT2D eigenvalue weighted by Crippen LogP contribution is 2.26. The first kappa shape index (κ1) is 17.3. The second-order valence-corrected chi connectivity index (χ2v) is 8.08. The highest BCUT2D eigenvalue weighted by Gasteiger charge is 2.19. The van der Waals surface area contributed by atoms with E-state index in [-0.39, 0.29) is 10.6 Å². The summed E-state index contributed by atoms with van der Waals surface area (Å²) in [6, 6.07) is 8.85. The van der Waals surface area contributed by atoms with Crippen LogP contribution in [0.1, 0.15) is 16.7 Å². The fourth-order valence-corrected chi connectivity index (χ4v) is 4.41. The fraction of sp³-hybridized carbons (Fsp3) is 0.278. The van der Waals surface area contributed by atoms with E-state index < -0.39 is 10.0 Å². The van der Waals surface area contributed by atoms with Gasteiger partial charge in [-0.05, 0) is 55.7 Å². The van der Waals surface area contributed by atoms with Gasteiger partial charge in [-0.15, -0.1) is 0 Å². The monoisotopic (exact) mass is 359 g/mol. The summed E-state index contributed by atoms with van der Waals surface area (Å²) in [5.74, 6) is 0. The Morgan fingerprint density at radius 3 is 2.12 bits per heavy atom. The molecule has 7 heteroatoms. The molecule has 0 amide bonds. The predicted octanol–water partition coefficient (Wildman–Crippen LogP) is 2.60. The van der Waals surface area contributed by atoms with E-state index in [4.69, 9.17) is 0 Å². The van der Waals surface area contributed by atoms with Crippen molar-refractivity contribution < 1.29 is 8.42 Å². The standard InChI is InChI=1S/C18H21N3O3S/c1-11-6-7-12(2)17(8-11)25(23,24)19-14-10-16-15(9-13(14)3)20(4)18(22)21(16)5/h6-10,19H,1-5H3. The maximum Gasteiger partial charge on any atom is 0.328 e. The lowest BCUT2D eigenvalue weighted by molar-refractivity contribution is 0.600. The highest BCUT2D eigenvalue weighted by atomic mass is 32.2. The Hall–Kier alpha value is -2.54. The number of sulfonamides is 1. The Bertz CT molecular complexity index is 1150. The molecule has 0 unspecified atom stereocenters. The first-order valence-corrected chi connectivity index (χ1v) is 9.36. The predicted molar refractivity (Wildman–Crippen MR) is 99.6 cm³/mol. The topological polar surface area (TPSA) is 73.1 Å². The van der Waals surface area contributed by atoms with Gasteiger partial charge < -0.3 is 0 Å².